The van der Waals surface area contributed by atoms with E-state index in [2.05, 4.69) is 11.4 Å². The van der Waals surface area contributed by atoms with Crippen LogP contribution in [0.25, 0.3) is 11.6 Å². The summed E-state index contributed by atoms with van der Waals surface area (Å²) in [6.45, 7) is 4.03. The molecule has 1 saturated heterocycles. The first kappa shape index (κ1) is 24.3. The van der Waals surface area contributed by atoms with Crippen molar-refractivity contribution in [1.82, 2.24) is 5.32 Å². The maximum Gasteiger partial charge on any atom is 0.338 e. The highest BCUT2D eigenvalue weighted by Crippen LogP contribution is 2.29. The van der Waals surface area contributed by atoms with E-state index in [1.165, 1.54) is 7.11 Å². The zero-order valence-corrected chi connectivity index (χ0v) is 20.5. The summed E-state index contributed by atoms with van der Waals surface area (Å²) in [6.07, 6.45) is 2.28. The van der Waals surface area contributed by atoms with Gasteiger partial charge in [-0.25, -0.2) is 4.79 Å². The van der Waals surface area contributed by atoms with Crippen molar-refractivity contribution < 1.29 is 23.9 Å². The molecule has 4 rings (SSSR count). The number of carbonyl (C=O) groups is 3. The number of amides is 2. The van der Waals surface area contributed by atoms with Crippen molar-refractivity contribution >= 4 is 40.5 Å². The smallest absolute Gasteiger partial charge is 0.338 e. The van der Waals surface area contributed by atoms with Crippen LogP contribution in [0.4, 0.5) is 4.79 Å². The van der Waals surface area contributed by atoms with E-state index >= 15 is 0 Å². The summed E-state index contributed by atoms with van der Waals surface area (Å²) >= 11 is 1.01. The number of rotatable bonds is 7. The Morgan fingerprint density at radius 2 is 1.69 bits per heavy atom. The number of thioether (sulfide) groups is 1. The van der Waals surface area contributed by atoms with Crippen molar-refractivity contribution in [1.29, 1.82) is 0 Å². The van der Waals surface area contributed by atoms with Gasteiger partial charge in [-0.15, -0.1) is 0 Å². The maximum atomic E-state index is 12.6. The van der Waals surface area contributed by atoms with Gasteiger partial charge in [-0.2, -0.15) is 0 Å². The van der Waals surface area contributed by atoms with Crippen molar-refractivity contribution in [3.05, 3.63) is 94.5 Å². The molecule has 0 aromatic heterocycles. The Labute approximate surface area is 208 Å². The number of hydrogen-bond acceptors (Lipinski definition) is 6. The number of ether oxygens (including phenoxy) is 2. The van der Waals surface area contributed by atoms with E-state index in [1.54, 1.807) is 6.07 Å². The predicted octanol–water partition coefficient (Wildman–Crippen LogP) is 5.70. The standard InChI is InChI=1S/C28H25NO5S/c1-17-11-18(2)13-20(12-17)14-24(27(31)33-3)21-5-4-6-23(16-21)34-22-9-7-19(8-10-22)15-25-26(30)29-28(32)35-25/h4-14,16,25H,15H2,1-3H3,(H,29,30,32)/b24-14+. The first-order valence-corrected chi connectivity index (χ1v) is 12.0. The number of imide groups is 1. The van der Waals surface area contributed by atoms with E-state index in [0.717, 1.165) is 34.0 Å². The Kier molecular flexibility index (Phi) is 7.36. The first-order chi connectivity index (χ1) is 16.8. The molecule has 0 radical (unpaired) electrons. The number of nitrogens with one attached hydrogen (secondary N) is 1. The molecule has 7 heteroatoms. The predicted molar refractivity (Wildman–Crippen MR) is 137 cm³/mol. The molecule has 2 amide bonds. The molecular weight excluding hydrogens is 462 g/mol. The average Bonchev–Trinajstić information content (AvgIpc) is 3.14. The SMILES string of the molecule is COC(=O)/C(=C/c1cc(C)cc(C)c1)c1cccc(Oc2ccc(CC3SC(=O)NC3=O)cc2)c1. The van der Waals surface area contributed by atoms with Crippen LogP contribution < -0.4 is 10.1 Å². The fourth-order valence-electron chi connectivity index (χ4n) is 3.93. The molecule has 1 fully saturated rings. The zero-order chi connectivity index (χ0) is 24.9. The molecular formula is C28H25NO5S. The van der Waals surface area contributed by atoms with Crippen molar-refractivity contribution in [2.45, 2.75) is 25.5 Å². The van der Waals surface area contributed by atoms with Gasteiger partial charge in [0.2, 0.25) is 5.91 Å². The van der Waals surface area contributed by atoms with Crippen LogP contribution in [0.1, 0.15) is 27.8 Å². The molecule has 0 bridgehead atoms. The number of benzene rings is 3. The fourth-order valence-corrected chi connectivity index (χ4v) is 4.79. The third-order valence-electron chi connectivity index (χ3n) is 5.45. The summed E-state index contributed by atoms with van der Waals surface area (Å²) in [5.74, 6) is 0.496. The molecule has 1 aliphatic heterocycles. The van der Waals surface area contributed by atoms with E-state index in [1.807, 2.05) is 74.5 Å². The van der Waals surface area contributed by atoms with Crippen LogP contribution in [0.3, 0.4) is 0 Å². The minimum Gasteiger partial charge on any atom is -0.465 e. The lowest BCUT2D eigenvalue weighted by molar-refractivity contribution is -0.133. The molecule has 1 N–H and O–H groups in total. The Morgan fingerprint density at radius 1 is 0.971 bits per heavy atom. The number of hydrogen-bond donors (Lipinski definition) is 1. The molecule has 0 aliphatic carbocycles. The fraction of sp³-hybridized carbons (Fsp3) is 0.179. The highest BCUT2D eigenvalue weighted by atomic mass is 32.2. The number of aryl methyl sites for hydroxylation is 2. The van der Waals surface area contributed by atoms with Crippen LogP contribution in [0.15, 0.2) is 66.7 Å². The maximum absolute atomic E-state index is 12.6. The van der Waals surface area contributed by atoms with Gasteiger partial charge in [0.1, 0.15) is 11.5 Å². The monoisotopic (exact) mass is 487 g/mol. The first-order valence-electron chi connectivity index (χ1n) is 11.1. The van der Waals surface area contributed by atoms with Gasteiger partial charge in [0.15, 0.2) is 0 Å². The Bertz CT molecular complexity index is 1290. The highest BCUT2D eigenvalue weighted by molar-refractivity contribution is 8.15. The molecule has 1 heterocycles. The van der Waals surface area contributed by atoms with E-state index < -0.39 is 11.2 Å². The van der Waals surface area contributed by atoms with Gasteiger partial charge in [-0.1, -0.05) is 65.4 Å². The van der Waals surface area contributed by atoms with Crippen LogP contribution in [0, 0.1) is 13.8 Å². The van der Waals surface area contributed by atoms with Gasteiger partial charge in [-0.05, 0) is 67.3 Å². The third-order valence-corrected chi connectivity index (χ3v) is 6.43. The quantitative estimate of drug-likeness (QED) is 0.261. The van der Waals surface area contributed by atoms with Gasteiger partial charge >= 0.3 is 5.97 Å². The highest BCUT2D eigenvalue weighted by Gasteiger charge is 2.31. The summed E-state index contributed by atoms with van der Waals surface area (Å²) in [6, 6.07) is 20.8. The summed E-state index contributed by atoms with van der Waals surface area (Å²) in [7, 11) is 1.36. The molecule has 1 atom stereocenters. The molecule has 6 nitrogen and oxygen atoms in total. The third kappa shape index (κ3) is 6.19. The molecule has 0 saturated carbocycles. The molecule has 1 aliphatic rings. The average molecular weight is 488 g/mol. The largest absolute Gasteiger partial charge is 0.465 e. The summed E-state index contributed by atoms with van der Waals surface area (Å²) in [5.41, 5.74) is 5.18. The van der Waals surface area contributed by atoms with Crippen LogP contribution >= 0.6 is 11.8 Å². The van der Waals surface area contributed by atoms with Crippen LogP contribution in [0.2, 0.25) is 0 Å². The van der Waals surface area contributed by atoms with Crippen molar-refractivity contribution in [2.75, 3.05) is 7.11 Å². The molecule has 1 unspecified atom stereocenters. The molecule has 3 aromatic rings. The molecule has 178 valence electrons. The van der Waals surface area contributed by atoms with Gasteiger partial charge in [0, 0.05) is 0 Å². The lowest BCUT2D eigenvalue weighted by atomic mass is 10.0. The lowest BCUT2D eigenvalue weighted by Crippen LogP contribution is -2.25. The number of esters is 1. The van der Waals surface area contributed by atoms with Gasteiger partial charge in [0.05, 0.1) is 17.9 Å². The number of methoxy groups -OCH3 is 1. The minimum absolute atomic E-state index is 0.257. The Morgan fingerprint density at radius 3 is 2.31 bits per heavy atom. The summed E-state index contributed by atoms with van der Waals surface area (Å²) in [4.78, 5) is 35.7. The zero-order valence-electron chi connectivity index (χ0n) is 19.7. The Hall–Kier alpha value is -3.84. The van der Waals surface area contributed by atoms with Crippen LogP contribution in [0.5, 0.6) is 11.5 Å². The van der Waals surface area contributed by atoms with Crippen LogP contribution in [-0.2, 0) is 20.7 Å². The van der Waals surface area contributed by atoms with E-state index in [0.29, 0.717) is 29.1 Å². The summed E-state index contributed by atoms with van der Waals surface area (Å²) < 4.78 is 11.1. The van der Waals surface area contributed by atoms with E-state index in [-0.39, 0.29) is 11.1 Å². The van der Waals surface area contributed by atoms with Gasteiger partial charge < -0.3 is 9.47 Å². The van der Waals surface area contributed by atoms with Gasteiger partial charge in [-0.3, -0.25) is 14.9 Å². The topological polar surface area (TPSA) is 81.7 Å². The second-order valence-electron chi connectivity index (χ2n) is 8.33. The van der Waals surface area contributed by atoms with E-state index in [4.69, 9.17) is 9.47 Å². The van der Waals surface area contributed by atoms with E-state index in [9.17, 15) is 14.4 Å². The molecule has 3 aromatic carbocycles. The Balaban J connectivity index is 1.53. The van der Waals surface area contributed by atoms with Crippen molar-refractivity contribution in [3.63, 3.8) is 0 Å². The van der Waals surface area contributed by atoms with Crippen molar-refractivity contribution in [3.8, 4) is 11.5 Å². The molecule has 0 spiro atoms. The normalized spacial score (nSPS) is 15.6. The molecule has 35 heavy (non-hydrogen) atoms. The number of carbonyl (C=O) groups excluding carboxylic acids is 3. The van der Waals surface area contributed by atoms with Crippen LogP contribution in [-0.4, -0.2) is 29.5 Å². The lowest BCUT2D eigenvalue weighted by Gasteiger charge is -2.11. The van der Waals surface area contributed by atoms with Gasteiger partial charge in [0.25, 0.3) is 5.24 Å². The second kappa shape index (κ2) is 10.6. The van der Waals surface area contributed by atoms with Crippen molar-refractivity contribution in [2.24, 2.45) is 0 Å². The summed E-state index contributed by atoms with van der Waals surface area (Å²) in [5, 5.41) is 1.58. The minimum atomic E-state index is -0.432. The second-order valence-corrected chi connectivity index (χ2v) is 9.51.